The van der Waals surface area contributed by atoms with Crippen molar-refractivity contribution in [3.63, 3.8) is 0 Å². The predicted molar refractivity (Wildman–Crippen MR) is 148 cm³/mol. The van der Waals surface area contributed by atoms with E-state index in [0.29, 0.717) is 35.4 Å². The minimum absolute atomic E-state index is 0. The van der Waals surface area contributed by atoms with Gasteiger partial charge in [0.25, 0.3) is 0 Å². The van der Waals surface area contributed by atoms with E-state index in [2.05, 4.69) is 4.99 Å². The highest BCUT2D eigenvalue weighted by atomic mass is 35.5. The van der Waals surface area contributed by atoms with Crippen LogP contribution in [0.15, 0.2) is 52.8 Å². The lowest BCUT2D eigenvalue weighted by atomic mass is 9.74. The third-order valence-electron chi connectivity index (χ3n) is 5.82. The zero-order valence-corrected chi connectivity index (χ0v) is 22.8. The van der Waals surface area contributed by atoms with Crippen molar-refractivity contribution in [1.29, 1.82) is 0 Å². The first-order valence-corrected chi connectivity index (χ1v) is 12.3. The lowest BCUT2D eigenvalue weighted by Gasteiger charge is -2.31. The summed E-state index contributed by atoms with van der Waals surface area (Å²) in [6, 6.07) is 13.3. The third-order valence-corrected chi connectivity index (χ3v) is 6.71. The van der Waals surface area contributed by atoms with Gasteiger partial charge in [0.1, 0.15) is 11.6 Å². The number of aromatic hydroxyl groups is 1. The van der Waals surface area contributed by atoms with Crippen molar-refractivity contribution in [2.75, 3.05) is 0 Å². The topological polar surface area (TPSA) is 95.9 Å². The molecule has 0 saturated carbocycles. The molecule has 0 fully saturated rings. The van der Waals surface area contributed by atoms with Crippen LogP contribution in [0.25, 0.3) is 0 Å². The van der Waals surface area contributed by atoms with Gasteiger partial charge in [-0.25, -0.2) is 9.79 Å². The fraction of sp³-hybridized carbons (Fsp3) is 0.357. The van der Waals surface area contributed by atoms with Gasteiger partial charge in [-0.1, -0.05) is 59.7 Å². The molecular weight excluding hydrogens is 480 g/mol. The average Bonchev–Trinajstić information content (AvgIpc) is 3.26. The van der Waals surface area contributed by atoms with Crippen LogP contribution in [0.1, 0.15) is 79.0 Å². The number of phenolic OH excluding ortho intramolecular Hbond substituents is 1. The van der Waals surface area contributed by atoms with Crippen LogP contribution < -0.4 is 5.73 Å². The van der Waals surface area contributed by atoms with Crippen molar-refractivity contribution in [2.45, 2.75) is 65.2 Å². The second kappa shape index (κ2) is 10.8. The van der Waals surface area contributed by atoms with Crippen LogP contribution in [-0.4, -0.2) is 22.0 Å². The summed E-state index contributed by atoms with van der Waals surface area (Å²) >= 11 is 1.55. The van der Waals surface area contributed by atoms with E-state index >= 15 is 0 Å². The van der Waals surface area contributed by atoms with Crippen molar-refractivity contribution in [3.8, 4) is 5.75 Å². The van der Waals surface area contributed by atoms with Crippen molar-refractivity contribution < 1.29 is 15.0 Å². The first-order valence-electron chi connectivity index (χ1n) is 11.4. The highest BCUT2D eigenvalue weighted by Gasteiger charge is 2.31. The molecule has 4 N–H and O–H groups in total. The third kappa shape index (κ3) is 6.65. The van der Waals surface area contributed by atoms with Crippen molar-refractivity contribution in [2.24, 2.45) is 10.7 Å². The van der Waals surface area contributed by atoms with Gasteiger partial charge in [0.05, 0.1) is 16.1 Å². The number of thiophene rings is 1. The number of carbonyl (C=O) groups is 1. The van der Waals surface area contributed by atoms with Crippen LogP contribution in [0.4, 0.5) is 5.69 Å². The Morgan fingerprint density at radius 1 is 1.00 bits per heavy atom. The Balaban J connectivity index is 0.00000432. The largest absolute Gasteiger partial charge is 0.507 e. The number of phenols is 1. The lowest BCUT2D eigenvalue weighted by Crippen LogP contribution is -2.22. The van der Waals surface area contributed by atoms with Crippen LogP contribution in [0.3, 0.4) is 0 Å². The van der Waals surface area contributed by atoms with Crippen LogP contribution in [-0.2, 0) is 23.7 Å². The number of hydrogen-bond acceptors (Lipinski definition) is 4. The molecule has 188 valence electrons. The van der Waals surface area contributed by atoms with E-state index in [1.807, 2.05) is 83.3 Å². The summed E-state index contributed by atoms with van der Waals surface area (Å²) in [7, 11) is 0. The first-order chi connectivity index (χ1) is 15.8. The highest BCUT2D eigenvalue weighted by Crippen LogP contribution is 2.43. The van der Waals surface area contributed by atoms with Crippen molar-refractivity contribution >= 4 is 41.2 Å². The highest BCUT2D eigenvalue weighted by molar-refractivity contribution is 7.12. The summed E-state index contributed by atoms with van der Waals surface area (Å²) < 4.78 is 0. The molecule has 0 atom stereocenters. The molecule has 0 unspecified atom stereocenters. The Hall–Kier alpha value is -2.83. The molecule has 0 aliphatic heterocycles. The van der Waals surface area contributed by atoms with E-state index in [0.717, 1.165) is 16.1 Å². The van der Waals surface area contributed by atoms with Crippen LogP contribution in [0.5, 0.6) is 5.75 Å². The smallest absolute Gasteiger partial charge is 0.335 e. The number of rotatable bonds is 6. The quantitative estimate of drug-likeness (QED) is 0.244. The molecule has 0 amide bonds. The molecule has 0 saturated heterocycles. The van der Waals surface area contributed by atoms with Gasteiger partial charge in [-0.15, -0.1) is 23.7 Å². The van der Waals surface area contributed by atoms with E-state index in [1.54, 1.807) is 17.4 Å². The minimum Gasteiger partial charge on any atom is -0.507 e. The molecule has 0 spiro atoms. The summed E-state index contributed by atoms with van der Waals surface area (Å²) in [6.07, 6.45) is 1.15. The molecule has 5 nitrogen and oxygen atoms in total. The van der Waals surface area contributed by atoms with Crippen LogP contribution in [0, 0.1) is 0 Å². The summed E-state index contributed by atoms with van der Waals surface area (Å²) in [4.78, 5) is 17.7. The van der Waals surface area contributed by atoms with E-state index in [1.165, 1.54) is 0 Å². The van der Waals surface area contributed by atoms with Crippen molar-refractivity contribution in [3.05, 3.63) is 80.5 Å². The number of carboxylic acid groups (broad SMARTS) is 1. The molecular formula is C28H35ClN2O3S. The van der Waals surface area contributed by atoms with E-state index < -0.39 is 11.4 Å². The molecule has 1 heterocycles. The summed E-state index contributed by atoms with van der Waals surface area (Å²) in [5.41, 5.74) is 9.43. The molecule has 0 radical (unpaired) electrons. The first kappa shape index (κ1) is 28.4. The van der Waals surface area contributed by atoms with Gasteiger partial charge in [-0.05, 0) is 64.4 Å². The van der Waals surface area contributed by atoms with Crippen molar-refractivity contribution in [1.82, 2.24) is 0 Å². The fourth-order valence-electron chi connectivity index (χ4n) is 4.17. The van der Waals surface area contributed by atoms with Gasteiger partial charge >= 0.3 is 5.97 Å². The molecule has 3 rings (SSSR count). The monoisotopic (exact) mass is 514 g/mol. The Kier molecular flexibility index (Phi) is 8.79. The van der Waals surface area contributed by atoms with Gasteiger partial charge in [0.15, 0.2) is 0 Å². The van der Waals surface area contributed by atoms with Crippen LogP contribution >= 0.6 is 23.7 Å². The second-order valence-electron chi connectivity index (χ2n) is 10.6. The van der Waals surface area contributed by atoms with E-state index in [9.17, 15) is 15.0 Å². The average molecular weight is 515 g/mol. The fourth-order valence-corrected chi connectivity index (χ4v) is 4.79. The number of aryl methyl sites for hydroxylation is 1. The van der Waals surface area contributed by atoms with E-state index in [-0.39, 0.29) is 29.1 Å². The standard InChI is InChI=1S/C28H34N2O3S.ClH/c1-27(2,3)21-16-20(26(32)33)19(23(24(21)31)28(4,5)6)14-11-17-9-12-18(13-10-17)30-25(29)22-8-7-15-34-22;/h7-10,12-13,15-16,31H,11,14H2,1-6H3,(H2,29,30)(H,32,33);1H. The molecule has 35 heavy (non-hydrogen) atoms. The Bertz CT molecular complexity index is 1200. The minimum atomic E-state index is -0.972. The molecule has 1 aromatic heterocycles. The second-order valence-corrected chi connectivity index (χ2v) is 11.6. The van der Waals surface area contributed by atoms with E-state index in [4.69, 9.17) is 5.73 Å². The van der Waals surface area contributed by atoms with Gasteiger partial charge < -0.3 is 15.9 Å². The number of aromatic carboxylic acids is 1. The summed E-state index contributed by atoms with van der Waals surface area (Å²) in [6.45, 7) is 12.0. The Labute approximate surface area is 218 Å². The SMILES string of the molecule is CC(C)(C)c1cc(C(=O)O)c(CCc2ccc(N=C(N)c3cccs3)cc2)c(C(C)(C)C)c1O.Cl. The lowest BCUT2D eigenvalue weighted by molar-refractivity contribution is 0.0695. The molecule has 0 bridgehead atoms. The number of halogens is 1. The number of hydrogen-bond donors (Lipinski definition) is 3. The molecule has 0 aliphatic carbocycles. The predicted octanol–water partition coefficient (Wildman–Crippen LogP) is 6.99. The summed E-state index contributed by atoms with van der Waals surface area (Å²) in [5.74, 6) is -0.286. The molecule has 7 heteroatoms. The molecule has 3 aromatic rings. The number of amidine groups is 1. The number of nitrogens with zero attached hydrogens (tertiary/aromatic N) is 1. The van der Waals surface area contributed by atoms with Gasteiger partial charge in [-0.2, -0.15) is 0 Å². The Morgan fingerprint density at radius 2 is 1.63 bits per heavy atom. The molecule has 2 aromatic carbocycles. The zero-order chi connectivity index (χ0) is 25.3. The Morgan fingerprint density at radius 3 is 2.11 bits per heavy atom. The number of carboxylic acids is 1. The maximum Gasteiger partial charge on any atom is 0.335 e. The zero-order valence-electron chi connectivity index (χ0n) is 21.2. The van der Waals surface area contributed by atoms with Gasteiger partial charge in [0, 0.05) is 11.1 Å². The normalized spacial score (nSPS) is 12.3. The van der Waals surface area contributed by atoms with Crippen LogP contribution in [0.2, 0.25) is 0 Å². The maximum atomic E-state index is 12.2. The molecule has 0 aliphatic rings. The number of nitrogens with two attached hydrogens (primary N) is 1. The summed E-state index contributed by atoms with van der Waals surface area (Å²) in [5, 5.41) is 23.2. The van der Waals surface area contributed by atoms with Gasteiger partial charge in [0.2, 0.25) is 0 Å². The van der Waals surface area contributed by atoms with Gasteiger partial charge in [-0.3, -0.25) is 0 Å². The maximum absolute atomic E-state index is 12.2. The number of aliphatic imine (C=N–C) groups is 1. The number of benzene rings is 2.